The zero-order chi connectivity index (χ0) is 39.9. The predicted octanol–water partition coefficient (Wildman–Crippen LogP) is 6.81. The molecule has 14 nitrogen and oxygen atoms in total. The summed E-state index contributed by atoms with van der Waals surface area (Å²) in [4.78, 5) is 70.5. The van der Waals surface area contributed by atoms with Gasteiger partial charge in [0, 0.05) is 24.1 Å². The SMILES string of the molecule is Cc1cc2c(c(C)c1-c1cnc([C@@H]3CCCN3C(=O)[C@@H](NC(=O)O)C3CC3)[nH]1)C(C)(C)c1cc(-c3cnc(C4CCCN4C(=O)C(NC(=O)O)C4CC4)[nH]3)ccc1-2. The van der Waals surface area contributed by atoms with Crippen LogP contribution in [0.4, 0.5) is 9.59 Å². The van der Waals surface area contributed by atoms with Gasteiger partial charge in [-0.1, -0.05) is 32.0 Å². The van der Waals surface area contributed by atoms with Crippen LogP contribution in [0.2, 0.25) is 0 Å². The van der Waals surface area contributed by atoms with Crippen LogP contribution in [0.15, 0.2) is 36.7 Å². The number of nitrogens with zero attached hydrogens (tertiary/aromatic N) is 4. The Kier molecular flexibility index (Phi) is 8.93. The Hall–Kier alpha value is -5.66. The lowest BCUT2D eigenvalue weighted by Crippen LogP contribution is -2.49. The number of likely N-dealkylation sites (tertiary alicyclic amines) is 2. The van der Waals surface area contributed by atoms with Gasteiger partial charge in [-0.25, -0.2) is 19.6 Å². The van der Waals surface area contributed by atoms with Gasteiger partial charge >= 0.3 is 12.2 Å². The van der Waals surface area contributed by atoms with Gasteiger partial charge in [-0.3, -0.25) is 9.59 Å². The Morgan fingerprint density at radius 3 is 1.81 bits per heavy atom. The minimum absolute atomic E-state index is 0.0508. The average molecular weight is 775 g/mol. The van der Waals surface area contributed by atoms with E-state index in [9.17, 15) is 29.4 Å². The highest BCUT2D eigenvalue weighted by atomic mass is 16.4. The van der Waals surface area contributed by atoms with Gasteiger partial charge in [-0.15, -0.1) is 0 Å². The number of carbonyl (C=O) groups excluding carboxylic acids is 2. The number of benzene rings is 2. The van der Waals surface area contributed by atoms with E-state index >= 15 is 0 Å². The second-order valence-electron chi connectivity index (χ2n) is 17.3. The van der Waals surface area contributed by atoms with Crippen molar-refractivity contribution in [2.24, 2.45) is 11.8 Å². The number of H-pyrrole nitrogens is 2. The highest BCUT2D eigenvalue weighted by molar-refractivity contribution is 5.89. The average Bonchev–Trinajstić information content (AvgIpc) is 3.85. The van der Waals surface area contributed by atoms with Crippen molar-refractivity contribution in [2.45, 2.75) is 109 Å². The van der Waals surface area contributed by atoms with Gasteiger partial charge in [0.05, 0.1) is 35.9 Å². The van der Waals surface area contributed by atoms with Gasteiger partial charge in [0.25, 0.3) is 0 Å². The smallest absolute Gasteiger partial charge is 0.405 e. The van der Waals surface area contributed by atoms with Crippen molar-refractivity contribution in [2.75, 3.05) is 13.1 Å². The summed E-state index contributed by atoms with van der Waals surface area (Å²) in [6.45, 7) is 9.96. The van der Waals surface area contributed by atoms with Gasteiger partial charge in [0.1, 0.15) is 23.7 Å². The molecule has 298 valence electrons. The van der Waals surface area contributed by atoms with Gasteiger partial charge in [-0.05, 0) is 122 Å². The van der Waals surface area contributed by atoms with Crippen molar-refractivity contribution >= 4 is 24.0 Å². The van der Waals surface area contributed by atoms with Crippen molar-refractivity contribution in [1.29, 1.82) is 0 Å². The summed E-state index contributed by atoms with van der Waals surface area (Å²) in [5.74, 6) is 1.20. The van der Waals surface area contributed by atoms with E-state index < -0.39 is 24.3 Å². The minimum Gasteiger partial charge on any atom is -0.465 e. The van der Waals surface area contributed by atoms with Gasteiger partial charge < -0.3 is 40.6 Å². The van der Waals surface area contributed by atoms with E-state index in [1.165, 1.54) is 27.8 Å². The molecule has 2 unspecified atom stereocenters. The fraction of sp³-hybridized carbons (Fsp3) is 0.488. The van der Waals surface area contributed by atoms with E-state index in [2.05, 4.69) is 72.6 Å². The molecule has 5 aliphatic rings. The van der Waals surface area contributed by atoms with Crippen LogP contribution in [0, 0.1) is 25.7 Å². The van der Waals surface area contributed by atoms with E-state index in [1.54, 1.807) is 9.80 Å². The van der Waals surface area contributed by atoms with Crippen LogP contribution in [0.3, 0.4) is 0 Å². The van der Waals surface area contributed by atoms with Gasteiger partial charge in [0.2, 0.25) is 11.8 Å². The Morgan fingerprint density at radius 2 is 1.28 bits per heavy atom. The zero-order valence-electron chi connectivity index (χ0n) is 32.8. The molecule has 4 fully saturated rings. The van der Waals surface area contributed by atoms with Gasteiger partial charge in [0.15, 0.2) is 0 Å². The van der Waals surface area contributed by atoms with Crippen LogP contribution in [-0.2, 0) is 15.0 Å². The van der Waals surface area contributed by atoms with Crippen LogP contribution in [0.5, 0.6) is 0 Å². The number of fused-ring (bicyclic) bond motifs is 3. The predicted molar refractivity (Wildman–Crippen MR) is 211 cm³/mol. The molecule has 4 atom stereocenters. The highest BCUT2D eigenvalue weighted by Gasteiger charge is 2.45. The fourth-order valence-electron chi connectivity index (χ4n) is 10.2. The van der Waals surface area contributed by atoms with Gasteiger partial charge in [-0.2, -0.15) is 0 Å². The molecule has 6 N–H and O–H groups in total. The van der Waals surface area contributed by atoms with E-state index in [0.29, 0.717) is 18.9 Å². The lowest BCUT2D eigenvalue weighted by atomic mass is 9.78. The van der Waals surface area contributed by atoms with Crippen LogP contribution >= 0.6 is 0 Å². The number of aromatic amines is 2. The summed E-state index contributed by atoms with van der Waals surface area (Å²) >= 11 is 0. The van der Waals surface area contributed by atoms with E-state index in [4.69, 9.17) is 9.97 Å². The van der Waals surface area contributed by atoms with Crippen molar-refractivity contribution in [3.63, 3.8) is 0 Å². The van der Waals surface area contributed by atoms with Crippen LogP contribution < -0.4 is 10.6 Å². The summed E-state index contributed by atoms with van der Waals surface area (Å²) in [7, 11) is 0. The number of rotatable bonds is 10. The maximum Gasteiger partial charge on any atom is 0.405 e. The highest BCUT2D eigenvalue weighted by Crippen LogP contribution is 2.53. The lowest BCUT2D eigenvalue weighted by Gasteiger charge is -2.28. The molecule has 4 aromatic rings. The molecule has 3 aliphatic carbocycles. The first-order valence-corrected chi connectivity index (χ1v) is 20.3. The molecule has 0 bridgehead atoms. The fourth-order valence-corrected chi connectivity index (χ4v) is 10.2. The second-order valence-corrected chi connectivity index (χ2v) is 17.3. The number of hydrogen-bond donors (Lipinski definition) is 6. The number of imidazole rings is 2. The molecule has 9 rings (SSSR count). The van der Waals surface area contributed by atoms with Crippen LogP contribution in [0.25, 0.3) is 33.6 Å². The third-order valence-electron chi connectivity index (χ3n) is 13.1. The third kappa shape index (κ3) is 6.42. The third-order valence-corrected chi connectivity index (χ3v) is 13.1. The molecule has 57 heavy (non-hydrogen) atoms. The lowest BCUT2D eigenvalue weighted by molar-refractivity contribution is -0.135. The summed E-state index contributed by atoms with van der Waals surface area (Å²) in [5.41, 5.74) is 10.6. The molecule has 2 aliphatic heterocycles. The van der Waals surface area contributed by atoms with Crippen LogP contribution in [0.1, 0.15) is 111 Å². The largest absolute Gasteiger partial charge is 0.465 e. The molecule has 2 saturated carbocycles. The first-order chi connectivity index (χ1) is 27.3. The van der Waals surface area contributed by atoms with E-state index in [0.717, 1.165) is 85.3 Å². The number of nitrogens with one attached hydrogen (secondary N) is 4. The summed E-state index contributed by atoms with van der Waals surface area (Å²) in [6, 6.07) is 6.89. The molecule has 14 heteroatoms. The van der Waals surface area contributed by atoms with Crippen molar-refractivity contribution in [1.82, 2.24) is 40.4 Å². The molecule has 0 spiro atoms. The zero-order valence-corrected chi connectivity index (χ0v) is 32.8. The van der Waals surface area contributed by atoms with Crippen molar-refractivity contribution < 1.29 is 29.4 Å². The maximum absolute atomic E-state index is 13.6. The quantitative estimate of drug-likeness (QED) is 0.101. The van der Waals surface area contributed by atoms with Crippen LogP contribution in [-0.4, -0.2) is 89.1 Å². The minimum atomic E-state index is -1.17. The molecule has 4 amide bonds. The molecule has 0 radical (unpaired) electrons. The number of aryl methyl sites for hydroxylation is 1. The second kappa shape index (κ2) is 13.8. The van der Waals surface area contributed by atoms with Crippen molar-refractivity contribution in [3.05, 3.63) is 70.6 Å². The summed E-state index contributed by atoms with van der Waals surface area (Å²) in [6.07, 6.45) is 7.92. The normalized spacial score (nSPS) is 21.9. The number of carboxylic acid groups (broad SMARTS) is 2. The number of amides is 4. The molecule has 2 saturated heterocycles. The molecule has 2 aromatic carbocycles. The number of carbonyl (C=O) groups is 4. The molecule has 2 aromatic heterocycles. The first kappa shape index (κ1) is 36.9. The molecule has 4 heterocycles. The Bertz CT molecular complexity index is 2300. The number of hydrogen-bond acceptors (Lipinski definition) is 6. The number of aromatic nitrogens is 4. The Balaban J connectivity index is 0.970. The molecular weight excluding hydrogens is 725 g/mol. The monoisotopic (exact) mass is 774 g/mol. The summed E-state index contributed by atoms with van der Waals surface area (Å²) < 4.78 is 0. The Morgan fingerprint density at radius 1 is 0.754 bits per heavy atom. The topological polar surface area (TPSA) is 197 Å². The summed E-state index contributed by atoms with van der Waals surface area (Å²) in [5, 5.41) is 23.8. The van der Waals surface area contributed by atoms with Crippen molar-refractivity contribution in [3.8, 4) is 33.6 Å². The van der Waals surface area contributed by atoms with E-state index in [-0.39, 0.29) is 41.1 Å². The standard InChI is InChI=1S/C43H50N8O6/c1-21-17-27-26-14-13-25(29-19-44-37(46-29)31-7-5-15-50(31)39(52)35(23-9-10-23)48-41(54)55)18-28(26)43(3,4)34(27)22(2)33(21)30-20-45-38(47-30)32-8-6-16-51(32)40(53)36(24-11-12-24)49-42(56)57/h13-14,17-20,23-24,31-32,35-36,48-49H,5-12,15-16H2,1-4H3,(H,44,46)(H,45,47)(H,54,55)(H,56,57)/t31?,32-,35?,36-/m0/s1. The molecular formula is C43H50N8O6. The maximum atomic E-state index is 13.6. The first-order valence-electron chi connectivity index (χ1n) is 20.3. The van der Waals surface area contributed by atoms with E-state index in [1.807, 2.05) is 12.4 Å². The Labute approximate surface area is 330 Å².